The van der Waals surface area contributed by atoms with Crippen LogP contribution in [0.3, 0.4) is 0 Å². The highest BCUT2D eigenvalue weighted by atomic mass is 16.5. The van der Waals surface area contributed by atoms with Crippen molar-refractivity contribution < 1.29 is 14.9 Å². The lowest BCUT2D eigenvalue weighted by molar-refractivity contribution is 0.0193. The van der Waals surface area contributed by atoms with Gasteiger partial charge >= 0.3 is 0 Å². The van der Waals surface area contributed by atoms with E-state index in [1.165, 1.54) is 0 Å². The average Bonchev–Trinajstić information content (AvgIpc) is 2.79. The van der Waals surface area contributed by atoms with Crippen LogP contribution in [0.15, 0.2) is 91.0 Å². The smallest absolute Gasteiger partial charge is 0.0948 e. The lowest BCUT2D eigenvalue weighted by Gasteiger charge is -2.30. The molecule has 2 N–H and O–H groups in total. The van der Waals surface area contributed by atoms with Crippen LogP contribution < -0.4 is 0 Å². The van der Waals surface area contributed by atoms with Crippen LogP contribution in [-0.4, -0.2) is 41.9 Å². The van der Waals surface area contributed by atoms with Gasteiger partial charge in [0.05, 0.1) is 18.3 Å². The molecule has 0 aliphatic rings. The molecular formula is C25H29NO3. The molecule has 0 saturated heterocycles. The van der Waals surface area contributed by atoms with Crippen LogP contribution in [0.4, 0.5) is 0 Å². The zero-order chi connectivity index (χ0) is 20.5. The monoisotopic (exact) mass is 391 g/mol. The van der Waals surface area contributed by atoms with Gasteiger partial charge in [0.15, 0.2) is 0 Å². The van der Waals surface area contributed by atoms with Gasteiger partial charge in [-0.15, -0.1) is 0 Å². The number of benzene rings is 3. The lowest BCUT2D eigenvalue weighted by Crippen LogP contribution is -2.36. The number of ether oxygens (including phenoxy) is 1. The molecule has 0 amide bonds. The molecule has 3 rings (SSSR count). The van der Waals surface area contributed by atoms with Crippen molar-refractivity contribution in [1.29, 1.82) is 0 Å². The predicted octanol–water partition coefficient (Wildman–Crippen LogP) is 4.14. The van der Waals surface area contributed by atoms with E-state index in [2.05, 4.69) is 4.90 Å². The molecule has 1 unspecified atom stereocenters. The van der Waals surface area contributed by atoms with E-state index in [0.717, 1.165) is 16.7 Å². The van der Waals surface area contributed by atoms with Gasteiger partial charge in [-0.1, -0.05) is 91.0 Å². The molecule has 3 atom stereocenters. The van der Waals surface area contributed by atoms with Gasteiger partial charge in [-0.25, -0.2) is 0 Å². The molecule has 0 bridgehead atoms. The average molecular weight is 392 g/mol. The van der Waals surface area contributed by atoms with Crippen molar-refractivity contribution in [3.63, 3.8) is 0 Å². The van der Waals surface area contributed by atoms with E-state index in [0.29, 0.717) is 19.6 Å². The number of hydrogen-bond donors (Lipinski definition) is 2. The van der Waals surface area contributed by atoms with Crippen LogP contribution in [0.2, 0.25) is 0 Å². The van der Waals surface area contributed by atoms with Gasteiger partial charge in [0, 0.05) is 26.7 Å². The predicted molar refractivity (Wildman–Crippen MR) is 115 cm³/mol. The normalized spacial score (nSPS) is 14.5. The first-order valence-corrected chi connectivity index (χ1v) is 9.93. The quantitative estimate of drug-likeness (QED) is 0.545. The largest absolute Gasteiger partial charge is 0.387 e. The van der Waals surface area contributed by atoms with Crippen molar-refractivity contribution in [2.75, 3.05) is 26.7 Å². The second-order valence-corrected chi connectivity index (χ2v) is 7.21. The molecule has 4 heteroatoms. The van der Waals surface area contributed by atoms with Gasteiger partial charge < -0.3 is 14.9 Å². The molecule has 3 aromatic rings. The molecule has 0 spiro atoms. The van der Waals surface area contributed by atoms with Crippen LogP contribution in [-0.2, 0) is 4.74 Å². The van der Waals surface area contributed by atoms with E-state index in [4.69, 9.17) is 4.74 Å². The van der Waals surface area contributed by atoms with Gasteiger partial charge in [-0.3, -0.25) is 4.90 Å². The summed E-state index contributed by atoms with van der Waals surface area (Å²) < 4.78 is 5.74. The van der Waals surface area contributed by atoms with Crippen molar-refractivity contribution >= 4 is 0 Å². The molecule has 0 heterocycles. The number of aliphatic hydroxyl groups is 2. The maximum Gasteiger partial charge on any atom is 0.0948 e. The Labute approximate surface area is 173 Å². The highest BCUT2D eigenvalue weighted by Gasteiger charge is 2.22. The van der Waals surface area contributed by atoms with E-state index in [9.17, 15) is 10.2 Å². The summed E-state index contributed by atoms with van der Waals surface area (Å²) in [6, 6.07) is 29.2. The first-order valence-electron chi connectivity index (χ1n) is 9.93. The topological polar surface area (TPSA) is 52.9 Å². The van der Waals surface area contributed by atoms with Crippen LogP contribution in [0.25, 0.3) is 0 Å². The Balaban J connectivity index is 1.76. The molecule has 3 aromatic carbocycles. The van der Waals surface area contributed by atoms with E-state index in [-0.39, 0.29) is 6.10 Å². The van der Waals surface area contributed by atoms with Gasteiger partial charge in [0.25, 0.3) is 0 Å². The number of methoxy groups -OCH3 is 1. The lowest BCUT2D eigenvalue weighted by atomic mass is 10.0. The minimum absolute atomic E-state index is 0.151. The Kier molecular flexibility index (Phi) is 7.96. The summed E-state index contributed by atoms with van der Waals surface area (Å²) >= 11 is 0. The molecule has 0 radical (unpaired) electrons. The number of hydrogen-bond acceptors (Lipinski definition) is 4. The summed E-state index contributed by atoms with van der Waals surface area (Å²) in [5.41, 5.74) is 2.80. The maximum absolute atomic E-state index is 10.8. The minimum Gasteiger partial charge on any atom is -0.387 e. The summed E-state index contributed by atoms with van der Waals surface area (Å²) in [6.07, 6.45) is -1.44. The molecule has 0 saturated carbocycles. The Morgan fingerprint density at radius 3 is 1.38 bits per heavy atom. The summed E-state index contributed by atoms with van der Waals surface area (Å²) in [7, 11) is 1.69. The van der Waals surface area contributed by atoms with Crippen molar-refractivity contribution in [2.24, 2.45) is 0 Å². The summed E-state index contributed by atoms with van der Waals surface area (Å²) in [4.78, 5) is 2.07. The second-order valence-electron chi connectivity index (χ2n) is 7.21. The molecule has 4 nitrogen and oxygen atoms in total. The molecule has 152 valence electrons. The van der Waals surface area contributed by atoms with Gasteiger partial charge in [-0.2, -0.15) is 0 Å². The van der Waals surface area contributed by atoms with Crippen molar-refractivity contribution in [3.05, 3.63) is 108 Å². The summed E-state index contributed by atoms with van der Waals surface area (Å²) in [5, 5.41) is 21.5. The Hall–Kier alpha value is -2.50. The number of aliphatic hydroxyl groups excluding tert-OH is 2. The standard InChI is InChI=1S/C25H29NO3/c1-29-25(22-15-9-4-10-16-22)19-26(17-23(27)20-11-5-2-6-12-20)18-24(28)21-13-7-3-8-14-21/h2-16,23-25,27-28H,17-19H2,1H3/t23-,24-,25?/m1/s1. The Morgan fingerprint density at radius 2 is 1.00 bits per heavy atom. The third-order valence-corrected chi connectivity index (χ3v) is 5.11. The number of nitrogens with zero attached hydrogens (tertiary/aromatic N) is 1. The van der Waals surface area contributed by atoms with Crippen LogP contribution in [0.1, 0.15) is 35.0 Å². The van der Waals surface area contributed by atoms with Crippen molar-refractivity contribution in [3.8, 4) is 0 Å². The molecular weight excluding hydrogens is 362 g/mol. The molecule has 0 aliphatic carbocycles. The minimum atomic E-state index is -0.646. The van der Waals surface area contributed by atoms with E-state index < -0.39 is 12.2 Å². The third kappa shape index (κ3) is 6.24. The van der Waals surface area contributed by atoms with Gasteiger partial charge in [-0.05, 0) is 16.7 Å². The Bertz CT molecular complexity index is 779. The summed E-state index contributed by atoms with van der Waals surface area (Å²) in [6.45, 7) is 1.37. The van der Waals surface area contributed by atoms with E-state index in [1.807, 2.05) is 91.0 Å². The fourth-order valence-electron chi connectivity index (χ4n) is 3.49. The first-order chi connectivity index (χ1) is 14.2. The SMILES string of the molecule is COC(CN(C[C@@H](O)c1ccccc1)C[C@@H](O)c1ccccc1)c1ccccc1. The zero-order valence-corrected chi connectivity index (χ0v) is 16.8. The van der Waals surface area contributed by atoms with Crippen molar-refractivity contribution in [1.82, 2.24) is 4.90 Å². The van der Waals surface area contributed by atoms with Crippen molar-refractivity contribution in [2.45, 2.75) is 18.3 Å². The molecule has 0 aromatic heterocycles. The highest BCUT2D eigenvalue weighted by Crippen LogP contribution is 2.23. The Morgan fingerprint density at radius 1 is 0.621 bits per heavy atom. The maximum atomic E-state index is 10.8. The van der Waals surface area contributed by atoms with E-state index in [1.54, 1.807) is 7.11 Å². The first kappa shape index (κ1) is 21.2. The number of rotatable bonds is 10. The van der Waals surface area contributed by atoms with Gasteiger partial charge in [0.2, 0.25) is 0 Å². The fourth-order valence-corrected chi connectivity index (χ4v) is 3.49. The molecule has 29 heavy (non-hydrogen) atoms. The molecule has 0 aliphatic heterocycles. The van der Waals surface area contributed by atoms with Crippen LogP contribution in [0.5, 0.6) is 0 Å². The summed E-state index contributed by atoms with van der Waals surface area (Å²) in [5.74, 6) is 0. The van der Waals surface area contributed by atoms with Crippen LogP contribution >= 0.6 is 0 Å². The fraction of sp³-hybridized carbons (Fsp3) is 0.280. The zero-order valence-electron chi connectivity index (χ0n) is 16.8. The van der Waals surface area contributed by atoms with Crippen LogP contribution in [0, 0.1) is 0 Å². The highest BCUT2D eigenvalue weighted by molar-refractivity contribution is 5.20. The third-order valence-electron chi connectivity index (χ3n) is 5.11. The van der Waals surface area contributed by atoms with Gasteiger partial charge in [0.1, 0.15) is 0 Å². The molecule has 0 fully saturated rings. The second kappa shape index (κ2) is 10.9. The van der Waals surface area contributed by atoms with E-state index >= 15 is 0 Å².